The molecule has 2 aromatic heterocycles. The van der Waals surface area contributed by atoms with Gasteiger partial charge in [-0.25, -0.2) is 9.24 Å². The summed E-state index contributed by atoms with van der Waals surface area (Å²) in [5.74, 6) is -0.264. The minimum atomic E-state index is -0.264. The molecule has 0 aliphatic heterocycles. The Balaban J connectivity index is 2.02. The Morgan fingerprint density at radius 2 is 1.83 bits per heavy atom. The van der Waals surface area contributed by atoms with Crippen LogP contribution in [-0.4, -0.2) is 0 Å². The van der Waals surface area contributed by atoms with Crippen LogP contribution in [0.4, 0.5) is 10.1 Å². The molecule has 4 aromatic rings. The summed E-state index contributed by atoms with van der Waals surface area (Å²) in [6, 6.07) is 12.8. The summed E-state index contributed by atoms with van der Waals surface area (Å²) in [5, 5.41) is 1.97. The Morgan fingerprint density at radius 3 is 2.58 bits per heavy atom. The molecule has 4 rings (SSSR count). The van der Waals surface area contributed by atoms with Crippen LogP contribution in [0.1, 0.15) is 5.56 Å². The van der Waals surface area contributed by atoms with Crippen LogP contribution in [0.5, 0.6) is 0 Å². The SMILES string of the molecule is [C-]#[N+]c1ccc2c(c1)oc1cc(C)c(-c3ccc(F)c[n+]3C)cc12. The molecular weight excluding hydrogens is 303 g/mol. The number of halogens is 1. The molecule has 0 saturated carbocycles. The van der Waals surface area contributed by atoms with Crippen molar-refractivity contribution in [2.24, 2.45) is 7.05 Å². The predicted molar refractivity (Wildman–Crippen MR) is 91.3 cm³/mol. The molecule has 0 spiro atoms. The number of furan rings is 1. The first-order chi connectivity index (χ1) is 11.6. The van der Waals surface area contributed by atoms with E-state index in [-0.39, 0.29) is 5.82 Å². The van der Waals surface area contributed by atoms with Gasteiger partial charge in [-0.15, -0.1) is 0 Å². The number of benzene rings is 2. The predicted octanol–water partition coefficient (Wildman–Crippen LogP) is 5.08. The van der Waals surface area contributed by atoms with Crippen molar-refractivity contribution < 1.29 is 13.4 Å². The lowest BCUT2D eigenvalue weighted by Gasteiger charge is -2.04. The van der Waals surface area contributed by atoms with Crippen molar-refractivity contribution in [3.8, 4) is 11.3 Å². The molecule has 0 fully saturated rings. The third-order valence-electron chi connectivity index (χ3n) is 4.30. The fourth-order valence-corrected chi connectivity index (χ4v) is 3.11. The van der Waals surface area contributed by atoms with Gasteiger partial charge in [-0.3, -0.25) is 0 Å². The second kappa shape index (κ2) is 5.17. The first-order valence-electron chi connectivity index (χ1n) is 7.57. The Labute approximate surface area is 138 Å². The third kappa shape index (κ3) is 2.14. The molecule has 2 heterocycles. The minimum absolute atomic E-state index is 0.264. The molecule has 24 heavy (non-hydrogen) atoms. The lowest BCUT2D eigenvalue weighted by atomic mass is 10.0. The van der Waals surface area contributed by atoms with E-state index in [2.05, 4.69) is 10.9 Å². The van der Waals surface area contributed by atoms with Gasteiger partial charge in [0.05, 0.1) is 6.57 Å². The Kier molecular flexibility index (Phi) is 3.10. The van der Waals surface area contributed by atoms with Gasteiger partial charge in [-0.05, 0) is 36.8 Å². The number of aromatic nitrogens is 1. The molecule has 0 unspecified atom stereocenters. The summed E-state index contributed by atoms with van der Waals surface area (Å²) in [7, 11) is 1.83. The maximum atomic E-state index is 13.4. The molecule has 116 valence electrons. The van der Waals surface area contributed by atoms with E-state index >= 15 is 0 Å². The van der Waals surface area contributed by atoms with Crippen LogP contribution >= 0.6 is 0 Å². The molecule has 0 aliphatic rings. The highest BCUT2D eigenvalue weighted by Crippen LogP contribution is 2.35. The molecule has 4 heteroatoms. The summed E-state index contributed by atoms with van der Waals surface area (Å²) < 4.78 is 21.1. The Morgan fingerprint density at radius 1 is 1.04 bits per heavy atom. The van der Waals surface area contributed by atoms with Crippen LogP contribution < -0.4 is 4.57 Å². The van der Waals surface area contributed by atoms with Crippen LogP contribution in [0.15, 0.2) is 53.1 Å². The summed E-state index contributed by atoms with van der Waals surface area (Å²) in [6.07, 6.45) is 1.47. The van der Waals surface area contributed by atoms with E-state index in [1.54, 1.807) is 22.8 Å². The van der Waals surface area contributed by atoms with Crippen molar-refractivity contribution in [2.45, 2.75) is 6.92 Å². The largest absolute Gasteiger partial charge is 0.457 e. The van der Waals surface area contributed by atoms with Crippen molar-refractivity contribution in [2.75, 3.05) is 0 Å². The lowest BCUT2D eigenvalue weighted by molar-refractivity contribution is -0.661. The summed E-state index contributed by atoms with van der Waals surface area (Å²) in [5.41, 5.74) is 5.07. The highest BCUT2D eigenvalue weighted by Gasteiger charge is 2.17. The second-order valence-electron chi connectivity index (χ2n) is 5.90. The van der Waals surface area contributed by atoms with Gasteiger partial charge in [0.2, 0.25) is 11.9 Å². The quantitative estimate of drug-likeness (QED) is 0.354. The van der Waals surface area contributed by atoms with Crippen molar-refractivity contribution in [1.82, 2.24) is 0 Å². The molecule has 0 aliphatic carbocycles. The standard InChI is InChI=1S/C20H14FN2O/c1-12-8-19-17(15-6-5-14(22-2)9-20(15)24-19)10-16(12)18-7-4-13(21)11-23(18)3/h4-11H,1,3H3/q+1. The third-order valence-corrected chi connectivity index (χ3v) is 4.30. The highest BCUT2D eigenvalue weighted by molar-refractivity contribution is 6.07. The molecule has 0 amide bonds. The van der Waals surface area contributed by atoms with E-state index in [1.807, 2.05) is 26.1 Å². The summed E-state index contributed by atoms with van der Waals surface area (Å²) in [4.78, 5) is 3.44. The minimum Gasteiger partial charge on any atom is -0.457 e. The number of fused-ring (bicyclic) bond motifs is 3. The van der Waals surface area contributed by atoms with Crippen LogP contribution in [-0.2, 0) is 7.05 Å². The van der Waals surface area contributed by atoms with Gasteiger partial charge in [0, 0.05) is 22.4 Å². The zero-order valence-corrected chi connectivity index (χ0v) is 13.3. The molecule has 2 aromatic carbocycles. The van der Waals surface area contributed by atoms with Crippen LogP contribution in [0.25, 0.3) is 38.0 Å². The normalized spacial score (nSPS) is 11.1. The maximum Gasteiger partial charge on any atom is 0.212 e. The van der Waals surface area contributed by atoms with E-state index in [1.165, 1.54) is 12.3 Å². The number of aryl methyl sites for hydroxylation is 2. The van der Waals surface area contributed by atoms with E-state index in [4.69, 9.17) is 11.0 Å². The maximum absolute atomic E-state index is 13.4. The zero-order chi connectivity index (χ0) is 16.8. The van der Waals surface area contributed by atoms with Gasteiger partial charge in [0.1, 0.15) is 18.2 Å². The average molecular weight is 317 g/mol. The highest BCUT2D eigenvalue weighted by atomic mass is 19.1. The van der Waals surface area contributed by atoms with Crippen molar-refractivity contribution in [1.29, 1.82) is 0 Å². The van der Waals surface area contributed by atoms with Gasteiger partial charge in [-0.2, -0.15) is 4.57 Å². The first-order valence-corrected chi connectivity index (χ1v) is 7.57. The smallest absolute Gasteiger partial charge is 0.212 e. The van der Waals surface area contributed by atoms with Gasteiger partial charge in [0.25, 0.3) is 0 Å². The Hall–Kier alpha value is -3.19. The number of hydrogen-bond acceptors (Lipinski definition) is 1. The van der Waals surface area contributed by atoms with Gasteiger partial charge >= 0.3 is 0 Å². The molecule has 0 N–H and O–H groups in total. The van der Waals surface area contributed by atoms with Gasteiger partial charge in [0.15, 0.2) is 11.5 Å². The van der Waals surface area contributed by atoms with Crippen LogP contribution in [0.3, 0.4) is 0 Å². The summed E-state index contributed by atoms with van der Waals surface area (Å²) in [6.45, 7) is 9.13. The van der Waals surface area contributed by atoms with Gasteiger partial charge < -0.3 is 4.42 Å². The molecule has 0 radical (unpaired) electrons. The number of pyridine rings is 1. The van der Waals surface area contributed by atoms with Gasteiger partial charge in [-0.1, -0.05) is 12.1 Å². The Bertz CT molecular complexity index is 1150. The molecule has 0 atom stereocenters. The summed E-state index contributed by atoms with van der Waals surface area (Å²) >= 11 is 0. The topological polar surface area (TPSA) is 21.4 Å². The second-order valence-corrected chi connectivity index (χ2v) is 5.90. The van der Waals surface area contributed by atoms with Crippen LogP contribution in [0.2, 0.25) is 0 Å². The number of nitrogens with zero attached hydrogens (tertiary/aromatic N) is 2. The molecular formula is C20H14FN2O+. The van der Waals surface area contributed by atoms with Crippen molar-refractivity contribution in [3.63, 3.8) is 0 Å². The average Bonchev–Trinajstić information content (AvgIpc) is 2.90. The van der Waals surface area contributed by atoms with E-state index in [0.29, 0.717) is 11.3 Å². The fraction of sp³-hybridized carbons (Fsp3) is 0.100. The van der Waals surface area contributed by atoms with E-state index < -0.39 is 0 Å². The van der Waals surface area contributed by atoms with Crippen molar-refractivity contribution >= 4 is 27.6 Å². The zero-order valence-electron chi connectivity index (χ0n) is 13.3. The monoisotopic (exact) mass is 317 g/mol. The van der Waals surface area contributed by atoms with Crippen LogP contribution in [0, 0.1) is 19.3 Å². The van der Waals surface area contributed by atoms with Crippen molar-refractivity contribution in [3.05, 3.63) is 71.5 Å². The molecule has 0 saturated heterocycles. The van der Waals surface area contributed by atoms with E-state index in [0.717, 1.165) is 33.2 Å². The van der Waals surface area contributed by atoms with E-state index in [9.17, 15) is 4.39 Å². The first kappa shape index (κ1) is 14.4. The lowest BCUT2D eigenvalue weighted by Crippen LogP contribution is -2.31. The number of hydrogen-bond donors (Lipinski definition) is 0. The molecule has 0 bridgehead atoms. The number of rotatable bonds is 1. The fourth-order valence-electron chi connectivity index (χ4n) is 3.11. The molecule has 3 nitrogen and oxygen atoms in total.